The summed E-state index contributed by atoms with van der Waals surface area (Å²) in [4.78, 5) is 0. The van der Waals surface area contributed by atoms with E-state index in [1.165, 1.54) is 16.7 Å². The number of halogens is 1. The van der Waals surface area contributed by atoms with Crippen LogP contribution in [0.4, 0.5) is 0 Å². The Morgan fingerprint density at radius 1 is 1.33 bits per heavy atom. The summed E-state index contributed by atoms with van der Waals surface area (Å²) >= 11 is 6.39. The lowest BCUT2D eigenvalue weighted by molar-refractivity contribution is 0.182. The average Bonchev–Trinajstić information content (AvgIpc) is 2.82. The fraction of sp³-hybridized carbons (Fsp3) is 0.438. The van der Waals surface area contributed by atoms with Gasteiger partial charge in [0.2, 0.25) is 0 Å². The first-order chi connectivity index (χ1) is 10.1. The fourth-order valence-electron chi connectivity index (χ4n) is 2.72. The van der Waals surface area contributed by atoms with Gasteiger partial charge in [-0.25, -0.2) is 0 Å². The van der Waals surface area contributed by atoms with Gasteiger partial charge in [-0.15, -0.1) is 0 Å². The van der Waals surface area contributed by atoms with E-state index in [9.17, 15) is 0 Å². The molecule has 114 valence electrons. The highest BCUT2D eigenvalue weighted by atomic mass is 35.5. The van der Waals surface area contributed by atoms with Crippen LogP contribution in [0.1, 0.15) is 28.4 Å². The molecular formula is C16H22ClN3O. The summed E-state index contributed by atoms with van der Waals surface area (Å²) in [5.41, 5.74) is 4.71. The van der Waals surface area contributed by atoms with E-state index < -0.39 is 0 Å². The maximum Gasteiger partial charge on any atom is 0.0837 e. The van der Waals surface area contributed by atoms with E-state index in [2.05, 4.69) is 42.5 Å². The summed E-state index contributed by atoms with van der Waals surface area (Å²) in [6.07, 6.45) is 1.70. The first-order valence-electron chi connectivity index (χ1n) is 7.03. The summed E-state index contributed by atoms with van der Waals surface area (Å²) in [6.45, 7) is 5.53. The van der Waals surface area contributed by atoms with Crippen molar-refractivity contribution in [2.24, 2.45) is 0 Å². The van der Waals surface area contributed by atoms with Gasteiger partial charge >= 0.3 is 0 Å². The number of methoxy groups -OCH3 is 1. The van der Waals surface area contributed by atoms with Crippen molar-refractivity contribution >= 4 is 11.6 Å². The van der Waals surface area contributed by atoms with Gasteiger partial charge in [-0.2, -0.15) is 5.10 Å². The van der Waals surface area contributed by atoms with Gasteiger partial charge in [0.05, 0.1) is 36.1 Å². The maximum absolute atomic E-state index is 6.39. The van der Waals surface area contributed by atoms with E-state index in [0.717, 1.165) is 5.69 Å². The van der Waals surface area contributed by atoms with Crippen molar-refractivity contribution in [3.63, 3.8) is 0 Å². The molecule has 0 bridgehead atoms. The second-order valence-electron chi connectivity index (χ2n) is 5.12. The van der Waals surface area contributed by atoms with Crippen molar-refractivity contribution in [3.8, 4) is 0 Å². The minimum atomic E-state index is 0.0121. The van der Waals surface area contributed by atoms with Crippen molar-refractivity contribution in [3.05, 3.63) is 51.8 Å². The molecule has 4 nitrogen and oxygen atoms in total. The number of rotatable bonds is 6. The van der Waals surface area contributed by atoms with Gasteiger partial charge in [0.25, 0.3) is 0 Å². The SMILES string of the molecule is CNC(c1c(C)cccc1C)c1c(Cl)cnn1CCOC. The van der Waals surface area contributed by atoms with E-state index in [1.807, 2.05) is 11.7 Å². The molecule has 1 heterocycles. The molecule has 1 atom stereocenters. The molecule has 0 aliphatic rings. The monoisotopic (exact) mass is 307 g/mol. The largest absolute Gasteiger partial charge is 0.383 e. The zero-order valence-electron chi connectivity index (χ0n) is 13.0. The predicted octanol–water partition coefficient (Wildman–Crippen LogP) is 3.11. The quantitative estimate of drug-likeness (QED) is 0.891. The topological polar surface area (TPSA) is 39.1 Å². The second-order valence-corrected chi connectivity index (χ2v) is 5.53. The molecular weight excluding hydrogens is 286 g/mol. The third-order valence-corrected chi connectivity index (χ3v) is 4.02. The Labute approximate surface area is 131 Å². The van der Waals surface area contributed by atoms with Gasteiger partial charge in [0.15, 0.2) is 0 Å². The summed E-state index contributed by atoms with van der Waals surface area (Å²) in [6, 6.07) is 6.33. The molecule has 0 saturated carbocycles. The molecule has 0 amide bonds. The van der Waals surface area contributed by atoms with Crippen LogP contribution in [0, 0.1) is 13.8 Å². The van der Waals surface area contributed by atoms with Crippen LogP contribution in [0.15, 0.2) is 24.4 Å². The molecule has 5 heteroatoms. The fourth-order valence-corrected chi connectivity index (χ4v) is 2.97. The Bertz CT molecular complexity index is 589. The van der Waals surface area contributed by atoms with Crippen LogP contribution >= 0.6 is 11.6 Å². The average molecular weight is 308 g/mol. The van der Waals surface area contributed by atoms with E-state index in [-0.39, 0.29) is 6.04 Å². The highest BCUT2D eigenvalue weighted by Gasteiger charge is 2.23. The highest BCUT2D eigenvalue weighted by Crippen LogP contribution is 2.31. The number of aromatic nitrogens is 2. The molecule has 21 heavy (non-hydrogen) atoms. The molecule has 0 fully saturated rings. The number of nitrogens with zero attached hydrogens (tertiary/aromatic N) is 2. The minimum Gasteiger partial charge on any atom is -0.383 e. The van der Waals surface area contributed by atoms with Crippen LogP contribution in [-0.4, -0.2) is 30.5 Å². The van der Waals surface area contributed by atoms with Crippen LogP contribution in [0.5, 0.6) is 0 Å². The van der Waals surface area contributed by atoms with Crippen LogP contribution in [0.25, 0.3) is 0 Å². The third kappa shape index (κ3) is 3.28. The Balaban J connectivity index is 2.49. The first kappa shape index (κ1) is 16.0. The molecule has 0 aliphatic carbocycles. The summed E-state index contributed by atoms with van der Waals surface area (Å²) in [5, 5.41) is 8.42. The lowest BCUT2D eigenvalue weighted by Gasteiger charge is -2.23. The molecule has 2 rings (SSSR count). The Kier molecular flexibility index (Phi) is 5.39. The van der Waals surface area contributed by atoms with Gasteiger partial charge in [-0.05, 0) is 37.6 Å². The molecule has 2 aromatic rings. The molecule has 1 unspecified atom stereocenters. The number of ether oxygens (including phenoxy) is 1. The van der Waals surface area contributed by atoms with Crippen molar-refractivity contribution in [2.75, 3.05) is 20.8 Å². The van der Waals surface area contributed by atoms with Gasteiger partial charge in [-0.1, -0.05) is 29.8 Å². The zero-order chi connectivity index (χ0) is 15.4. The lowest BCUT2D eigenvalue weighted by atomic mass is 9.94. The van der Waals surface area contributed by atoms with Gasteiger partial charge in [0.1, 0.15) is 0 Å². The summed E-state index contributed by atoms with van der Waals surface area (Å²) < 4.78 is 7.07. The van der Waals surface area contributed by atoms with Crippen LogP contribution in [-0.2, 0) is 11.3 Å². The number of aryl methyl sites for hydroxylation is 2. The number of nitrogens with one attached hydrogen (secondary N) is 1. The van der Waals surface area contributed by atoms with Crippen molar-refractivity contribution < 1.29 is 4.74 Å². The molecule has 0 radical (unpaired) electrons. The van der Waals surface area contributed by atoms with Gasteiger partial charge in [0, 0.05) is 7.11 Å². The Morgan fingerprint density at radius 3 is 2.57 bits per heavy atom. The van der Waals surface area contributed by atoms with E-state index in [4.69, 9.17) is 16.3 Å². The normalized spacial score (nSPS) is 12.6. The smallest absolute Gasteiger partial charge is 0.0837 e. The lowest BCUT2D eigenvalue weighted by Crippen LogP contribution is -2.24. The zero-order valence-corrected chi connectivity index (χ0v) is 13.7. The Morgan fingerprint density at radius 2 is 2.00 bits per heavy atom. The maximum atomic E-state index is 6.39. The van der Waals surface area contributed by atoms with Crippen molar-refractivity contribution in [1.29, 1.82) is 0 Å². The van der Waals surface area contributed by atoms with Crippen molar-refractivity contribution in [1.82, 2.24) is 15.1 Å². The molecule has 1 aromatic carbocycles. The Hall–Kier alpha value is -1.36. The van der Waals surface area contributed by atoms with Crippen LogP contribution in [0.2, 0.25) is 5.02 Å². The molecule has 0 saturated heterocycles. The third-order valence-electron chi connectivity index (χ3n) is 3.73. The summed E-state index contributed by atoms with van der Waals surface area (Å²) in [5.74, 6) is 0. The number of hydrogen-bond acceptors (Lipinski definition) is 3. The number of hydrogen-bond donors (Lipinski definition) is 1. The predicted molar refractivity (Wildman–Crippen MR) is 85.9 cm³/mol. The summed E-state index contributed by atoms with van der Waals surface area (Å²) in [7, 11) is 3.63. The first-order valence-corrected chi connectivity index (χ1v) is 7.41. The molecule has 0 aliphatic heterocycles. The standard InChI is InChI=1S/C16H22ClN3O/c1-11-6-5-7-12(2)14(11)15(18-3)16-13(17)10-19-20(16)8-9-21-4/h5-7,10,15,18H,8-9H2,1-4H3. The van der Waals surface area contributed by atoms with E-state index in [0.29, 0.717) is 18.2 Å². The van der Waals surface area contributed by atoms with E-state index in [1.54, 1.807) is 13.3 Å². The van der Waals surface area contributed by atoms with Crippen LogP contribution < -0.4 is 5.32 Å². The molecule has 1 N–H and O–H groups in total. The number of benzene rings is 1. The van der Waals surface area contributed by atoms with Crippen molar-refractivity contribution in [2.45, 2.75) is 26.4 Å². The minimum absolute atomic E-state index is 0.0121. The highest BCUT2D eigenvalue weighted by molar-refractivity contribution is 6.31. The van der Waals surface area contributed by atoms with E-state index >= 15 is 0 Å². The van der Waals surface area contributed by atoms with Crippen LogP contribution in [0.3, 0.4) is 0 Å². The second kappa shape index (κ2) is 7.07. The molecule has 1 aromatic heterocycles. The molecule has 0 spiro atoms. The van der Waals surface area contributed by atoms with Gasteiger partial charge in [-0.3, -0.25) is 4.68 Å². The van der Waals surface area contributed by atoms with Gasteiger partial charge < -0.3 is 10.1 Å².